The molecule has 1 aliphatic rings. The Kier molecular flexibility index (Phi) is 4.36. The molecule has 1 aliphatic carbocycles. The molecule has 20 heavy (non-hydrogen) atoms. The Bertz CT molecular complexity index is 494. The second kappa shape index (κ2) is 5.86. The monoisotopic (exact) mass is 274 g/mol. The van der Waals surface area contributed by atoms with Crippen molar-refractivity contribution >= 4 is 17.3 Å². The molecular formula is C17H26N2O. The number of hydrogen-bond donors (Lipinski definition) is 2. The molecule has 2 N–H and O–H groups in total. The first-order valence-electron chi connectivity index (χ1n) is 7.50. The van der Waals surface area contributed by atoms with Crippen LogP contribution in [0.2, 0.25) is 0 Å². The van der Waals surface area contributed by atoms with Crippen LogP contribution in [0, 0.1) is 12.3 Å². The van der Waals surface area contributed by atoms with E-state index in [0.717, 1.165) is 16.9 Å². The predicted octanol–water partition coefficient (Wildman–Crippen LogP) is 4.33. The zero-order valence-electron chi connectivity index (χ0n) is 13.0. The fourth-order valence-corrected chi connectivity index (χ4v) is 3.09. The third-order valence-corrected chi connectivity index (χ3v) is 4.12. The average Bonchev–Trinajstić information content (AvgIpc) is 2.31. The first-order chi connectivity index (χ1) is 9.35. The van der Waals surface area contributed by atoms with E-state index in [4.69, 9.17) is 0 Å². The summed E-state index contributed by atoms with van der Waals surface area (Å²) in [5, 5.41) is 6.51. The summed E-state index contributed by atoms with van der Waals surface area (Å²) in [6.45, 7) is 8.25. The van der Waals surface area contributed by atoms with Crippen LogP contribution >= 0.6 is 0 Å². The lowest BCUT2D eigenvalue weighted by atomic mass is 9.75. The molecule has 0 radical (unpaired) electrons. The number of nitrogens with one attached hydrogen (secondary N) is 2. The van der Waals surface area contributed by atoms with E-state index in [9.17, 15) is 4.79 Å². The number of rotatable bonds is 3. The molecule has 1 atom stereocenters. The maximum Gasteiger partial charge on any atom is 0.221 e. The highest BCUT2D eigenvalue weighted by atomic mass is 16.1. The molecule has 3 heteroatoms. The lowest BCUT2D eigenvalue weighted by Crippen LogP contribution is -2.31. The summed E-state index contributed by atoms with van der Waals surface area (Å²) >= 11 is 0. The van der Waals surface area contributed by atoms with Crippen molar-refractivity contribution in [2.45, 2.75) is 59.4 Å². The van der Waals surface area contributed by atoms with E-state index < -0.39 is 0 Å². The second-order valence-electron chi connectivity index (χ2n) is 6.81. The van der Waals surface area contributed by atoms with Crippen molar-refractivity contribution in [1.82, 2.24) is 0 Å². The topological polar surface area (TPSA) is 41.1 Å². The molecule has 0 heterocycles. The Hall–Kier alpha value is -1.51. The highest BCUT2D eigenvalue weighted by Crippen LogP contribution is 2.36. The molecule has 1 saturated carbocycles. The largest absolute Gasteiger partial charge is 0.382 e. The van der Waals surface area contributed by atoms with Crippen molar-refractivity contribution in [2.24, 2.45) is 5.41 Å². The average molecular weight is 274 g/mol. The van der Waals surface area contributed by atoms with Gasteiger partial charge in [0.2, 0.25) is 5.91 Å². The van der Waals surface area contributed by atoms with Crippen LogP contribution < -0.4 is 10.6 Å². The number of anilines is 2. The fourth-order valence-electron chi connectivity index (χ4n) is 3.09. The van der Waals surface area contributed by atoms with Crippen molar-refractivity contribution in [3.8, 4) is 0 Å². The van der Waals surface area contributed by atoms with Crippen molar-refractivity contribution < 1.29 is 4.79 Å². The Balaban J connectivity index is 2.07. The standard InChI is InChI=1S/C17H26N2O/c1-12-7-8-14(10-16(12)18-13(2)20)19-15-6-5-9-17(3,4)11-15/h7-8,10,15,19H,5-6,9,11H2,1-4H3,(H,18,20). The third-order valence-electron chi connectivity index (χ3n) is 4.12. The number of hydrogen-bond acceptors (Lipinski definition) is 2. The zero-order valence-corrected chi connectivity index (χ0v) is 13.0. The van der Waals surface area contributed by atoms with E-state index in [1.165, 1.54) is 25.7 Å². The SMILES string of the molecule is CC(=O)Nc1cc(NC2CCCC(C)(C)C2)ccc1C. The summed E-state index contributed by atoms with van der Waals surface area (Å²) in [4.78, 5) is 11.2. The minimum atomic E-state index is -0.0240. The summed E-state index contributed by atoms with van der Waals surface area (Å²) in [5.74, 6) is -0.0240. The van der Waals surface area contributed by atoms with Gasteiger partial charge >= 0.3 is 0 Å². The molecule has 1 fully saturated rings. The molecule has 1 aromatic carbocycles. The van der Waals surface area contributed by atoms with Gasteiger partial charge in [-0.3, -0.25) is 4.79 Å². The first-order valence-corrected chi connectivity index (χ1v) is 7.50. The molecular weight excluding hydrogens is 248 g/mol. The molecule has 0 aromatic heterocycles. The van der Waals surface area contributed by atoms with Gasteiger partial charge < -0.3 is 10.6 Å². The summed E-state index contributed by atoms with van der Waals surface area (Å²) < 4.78 is 0. The first kappa shape index (κ1) is 14.9. The zero-order chi connectivity index (χ0) is 14.8. The molecule has 1 amide bonds. The summed E-state index contributed by atoms with van der Waals surface area (Å²) in [7, 11) is 0. The highest BCUT2D eigenvalue weighted by molar-refractivity contribution is 5.90. The number of carbonyl (C=O) groups excluding carboxylic acids is 1. The number of carbonyl (C=O) groups is 1. The van der Waals surface area contributed by atoms with Crippen LogP contribution in [-0.2, 0) is 4.79 Å². The van der Waals surface area contributed by atoms with Crippen LogP contribution in [0.4, 0.5) is 11.4 Å². The summed E-state index contributed by atoms with van der Waals surface area (Å²) in [5.41, 5.74) is 3.52. The predicted molar refractivity (Wildman–Crippen MR) is 85.1 cm³/mol. The normalized spacial score (nSPS) is 21.3. The fraction of sp³-hybridized carbons (Fsp3) is 0.588. The van der Waals surface area contributed by atoms with E-state index in [1.807, 2.05) is 13.0 Å². The Morgan fingerprint density at radius 3 is 2.75 bits per heavy atom. The lowest BCUT2D eigenvalue weighted by molar-refractivity contribution is -0.114. The molecule has 1 aromatic rings. The van der Waals surface area contributed by atoms with Crippen molar-refractivity contribution in [3.05, 3.63) is 23.8 Å². The maximum absolute atomic E-state index is 11.2. The van der Waals surface area contributed by atoms with E-state index in [0.29, 0.717) is 11.5 Å². The van der Waals surface area contributed by atoms with E-state index in [1.54, 1.807) is 6.92 Å². The van der Waals surface area contributed by atoms with Gasteiger partial charge in [0.25, 0.3) is 0 Å². The summed E-state index contributed by atoms with van der Waals surface area (Å²) in [6.07, 6.45) is 5.04. The number of amides is 1. The van der Waals surface area contributed by atoms with Gasteiger partial charge in [-0.15, -0.1) is 0 Å². The molecule has 2 rings (SSSR count). The van der Waals surface area contributed by atoms with Crippen LogP contribution in [0.5, 0.6) is 0 Å². The molecule has 0 aliphatic heterocycles. The Labute approximate surface area is 122 Å². The number of aryl methyl sites for hydroxylation is 1. The molecule has 0 saturated heterocycles. The van der Waals surface area contributed by atoms with Crippen molar-refractivity contribution in [2.75, 3.05) is 10.6 Å². The van der Waals surface area contributed by atoms with Gasteiger partial charge in [-0.25, -0.2) is 0 Å². The quantitative estimate of drug-likeness (QED) is 0.861. The van der Waals surface area contributed by atoms with E-state index in [2.05, 4.69) is 36.6 Å². The Morgan fingerprint density at radius 2 is 2.10 bits per heavy atom. The van der Waals surface area contributed by atoms with Crippen molar-refractivity contribution in [1.29, 1.82) is 0 Å². The van der Waals surface area contributed by atoms with Gasteiger partial charge in [0, 0.05) is 24.3 Å². The molecule has 1 unspecified atom stereocenters. The van der Waals surface area contributed by atoms with Gasteiger partial charge in [-0.05, 0) is 49.3 Å². The van der Waals surface area contributed by atoms with Gasteiger partial charge in [0.05, 0.1) is 0 Å². The van der Waals surface area contributed by atoms with Crippen molar-refractivity contribution in [3.63, 3.8) is 0 Å². The van der Waals surface area contributed by atoms with Crippen LogP contribution in [0.15, 0.2) is 18.2 Å². The van der Waals surface area contributed by atoms with Gasteiger partial charge in [-0.2, -0.15) is 0 Å². The summed E-state index contributed by atoms with van der Waals surface area (Å²) in [6, 6.07) is 6.73. The minimum absolute atomic E-state index is 0.0240. The molecule has 0 spiro atoms. The van der Waals surface area contributed by atoms with Crippen LogP contribution in [-0.4, -0.2) is 11.9 Å². The smallest absolute Gasteiger partial charge is 0.221 e. The van der Waals surface area contributed by atoms with Gasteiger partial charge in [0.15, 0.2) is 0 Å². The van der Waals surface area contributed by atoms with Crippen LogP contribution in [0.25, 0.3) is 0 Å². The van der Waals surface area contributed by atoms with E-state index in [-0.39, 0.29) is 5.91 Å². The molecule has 0 bridgehead atoms. The third kappa shape index (κ3) is 3.99. The molecule has 3 nitrogen and oxygen atoms in total. The molecule has 110 valence electrons. The van der Waals surface area contributed by atoms with Gasteiger partial charge in [-0.1, -0.05) is 26.3 Å². The Morgan fingerprint density at radius 1 is 1.35 bits per heavy atom. The minimum Gasteiger partial charge on any atom is -0.382 e. The maximum atomic E-state index is 11.2. The van der Waals surface area contributed by atoms with E-state index >= 15 is 0 Å². The highest BCUT2D eigenvalue weighted by Gasteiger charge is 2.27. The second-order valence-corrected chi connectivity index (χ2v) is 6.81. The van der Waals surface area contributed by atoms with Crippen LogP contribution in [0.3, 0.4) is 0 Å². The lowest BCUT2D eigenvalue weighted by Gasteiger charge is -2.36. The van der Waals surface area contributed by atoms with Crippen LogP contribution in [0.1, 0.15) is 52.0 Å². The van der Waals surface area contributed by atoms with Gasteiger partial charge in [0.1, 0.15) is 0 Å². The number of benzene rings is 1.